The van der Waals surface area contributed by atoms with E-state index in [-0.39, 0.29) is 11.8 Å². The molecule has 5 heteroatoms. The summed E-state index contributed by atoms with van der Waals surface area (Å²) >= 11 is 1.75. The van der Waals surface area contributed by atoms with Gasteiger partial charge in [0.2, 0.25) is 0 Å². The summed E-state index contributed by atoms with van der Waals surface area (Å²) in [5.74, 6) is 1.24. The highest BCUT2D eigenvalue weighted by Gasteiger charge is 2.20. The first kappa shape index (κ1) is 10.1. The van der Waals surface area contributed by atoms with Crippen molar-refractivity contribution in [3.63, 3.8) is 0 Å². The minimum absolute atomic E-state index is 0.0298. The Balaban J connectivity index is 2.26. The summed E-state index contributed by atoms with van der Waals surface area (Å²) in [5, 5.41) is 4.45. The molecule has 0 bridgehead atoms. The first-order chi connectivity index (χ1) is 5.64. The van der Waals surface area contributed by atoms with E-state index in [9.17, 15) is 8.42 Å². The van der Waals surface area contributed by atoms with Gasteiger partial charge in [0.05, 0.1) is 5.75 Å². The number of nitrogens with one attached hydrogen (secondary N) is 1. The van der Waals surface area contributed by atoms with Crippen LogP contribution in [0.15, 0.2) is 11.5 Å². The molecule has 0 aromatic heterocycles. The van der Waals surface area contributed by atoms with Crippen molar-refractivity contribution in [1.29, 1.82) is 0 Å². The van der Waals surface area contributed by atoms with Crippen molar-refractivity contribution >= 4 is 21.6 Å². The number of rotatable bonds is 4. The van der Waals surface area contributed by atoms with Gasteiger partial charge in [0.15, 0.2) is 9.84 Å². The molecule has 0 aromatic rings. The van der Waals surface area contributed by atoms with E-state index < -0.39 is 9.84 Å². The topological polar surface area (TPSA) is 46.2 Å². The summed E-state index contributed by atoms with van der Waals surface area (Å²) in [5.41, 5.74) is 0. The van der Waals surface area contributed by atoms with Gasteiger partial charge in [0, 0.05) is 23.7 Å². The van der Waals surface area contributed by atoms with Gasteiger partial charge in [-0.15, -0.1) is 0 Å². The maximum absolute atomic E-state index is 10.9. The molecule has 12 heavy (non-hydrogen) atoms. The van der Waals surface area contributed by atoms with Crippen LogP contribution in [0.5, 0.6) is 0 Å². The number of sulfone groups is 1. The van der Waals surface area contributed by atoms with Crippen LogP contribution in [0.3, 0.4) is 0 Å². The SMILES string of the molecule is CSCCNC1C=CS(=O)(=O)C1. The highest BCUT2D eigenvalue weighted by atomic mass is 32.2. The molecule has 1 rings (SSSR count). The third-order valence-corrected chi connectivity index (χ3v) is 3.65. The molecular formula is C7H13NO2S2. The van der Waals surface area contributed by atoms with Crippen LogP contribution >= 0.6 is 11.8 Å². The van der Waals surface area contributed by atoms with Crippen molar-refractivity contribution < 1.29 is 8.42 Å². The molecule has 0 radical (unpaired) electrons. The summed E-state index contributed by atoms with van der Waals surface area (Å²) in [7, 11) is -2.88. The van der Waals surface area contributed by atoms with Crippen molar-refractivity contribution in [1.82, 2.24) is 5.32 Å². The Morgan fingerprint density at radius 3 is 2.92 bits per heavy atom. The average molecular weight is 207 g/mol. The summed E-state index contributed by atoms with van der Waals surface area (Å²) < 4.78 is 21.9. The monoisotopic (exact) mass is 207 g/mol. The molecule has 1 aliphatic heterocycles. The molecule has 1 heterocycles. The smallest absolute Gasteiger partial charge is 0.173 e. The van der Waals surface area contributed by atoms with Gasteiger partial charge >= 0.3 is 0 Å². The van der Waals surface area contributed by atoms with Gasteiger partial charge in [-0.05, 0) is 6.26 Å². The van der Waals surface area contributed by atoms with Crippen molar-refractivity contribution in [3.05, 3.63) is 11.5 Å². The normalized spacial score (nSPS) is 26.2. The zero-order valence-electron chi connectivity index (χ0n) is 6.99. The molecule has 0 aliphatic carbocycles. The first-order valence-corrected chi connectivity index (χ1v) is 6.88. The van der Waals surface area contributed by atoms with Gasteiger partial charge in [-0.3, -0.25) is 0 Å². The van der Waals surface area contributed by atoms with Gasteiger partial charge in [-0.1, -0.05) is 6.08 Å². The van der Waals surface area contributed by atoms with Gasteiger partial charge < -0.3 is 5.32 Å². The molecule has 0 fully saturated rings. The lowest BCUT2D eigenvalue weighted by Gasteiger charge is -2.07. The molecule has 0 spiro atoms. The Hall–Kier alpha value is -0.0000000000000000555. The second kappa shape index (κ2) is 4.30. The first-order valence-electron chi connectivity index (χ1n) is 3.77. The van der Waals surface area contributed by atoms with Crippen molar-refractivity contribution in [2.24, 2.45) is 0 Å². The molecule has 0 saturated heterocycles. The molecule has 0 saturated carbocycles. The summed E-state index contributed by atoms with van der Waals surface area (Å²) in [4.78, 5) is 0. The van der Waals surface area contributed by atoms with Crippen LogP contribution in [0.4, 0.5) is 0 Å². The lowest BCUT2D eigenvalue weighted by molar-refractivity contribution is 0.596. The zero-order valence-corrected chi connectivity index (χ0v) is 8.62. The fourth-order valence-electron chi connectivity index (χ4n) is 1.05. The Labute approximate surface area is 77.5 Å². The third-order valence-electron chi connectivity index (χ3n) is 1.64. The van der Waals surface area contributed by atoms with Gasteiger partial charge in [-0.2, -0.15) is 11.8 Å². The molecule has 1 unspecified atom stereocenters. The molecule has 0 amide bonds. The lowest BCUT2D eigenvalue weighted by atomic mass is 10.3. The third kappa shape index (κ3) is 3.16. The minimum Gasteiger partial charge on any atom is -0.309 e. The van der Waals surface area contributed by atoms with E-state index in [2.05, 4.69) is 5.32 Å². The standard InChI is InChI=1S/C7H13NO2S2/c1-11-4-3-8-7-2-5-12(9,10)6-7/h2,5,7-8H,3-4,6H2,1H3. The predicted octanol–water partition coefficient (Wildman–Crippen LogP) is 0.250. The molecule has 3 nitrogen and oxygen atoms in total. The molecule has 1 aliphatic rings. The van der Waals surface area contributed by atoms with Gasteiger partial charge in [-0.25, -0.2) is 8.42 Å². The van der Waals surface area contributed by atoms with E-state index in [1.807, 2.05) is 6.26 Å². The largest absolute Gasteiger partial charge is 0.309 e. The molecular weight excluding hydrogens is 194 g/mol. The molecule has 1 atom stereocenters. The fraction of sp³-hybridized carbons (Fsp3) is 0.714. The van der Waals surface area contributed by atoms with E-state index in [4.69, 9.17) is 0 Å². The van der Waals surface area contributed by atoms with Crippen LogP contribution in [0.1, 0.15) is 0 Å². The van der Waals surface area contributed by atoms with Crippen molar-refractivity contribution in [2.75, 3.05) is 24.3 Å². The van der Waals surface area contributed by atoms with Crippen LogP contribution in [0.2, 0.25) is 0 Å². The Morgan fingerprint density at radius 2 is 2.42 bits per heavy atom. The molecule has 70 valence electrons. The summed E-state index contributed by atoms with van der Waals surface area (Å²) in [6.45, 7) is 0.867. The second-order valence-corrected chi connectivity index (χ2v) is 5.63. The number of thioether (sulfide) groups is 1. The van der Waals surface area contributed by atoms with Gasteiger partial charge in [0.25, 0.3) is 0 Å². The Kier molecular flexibility index (Phi) is 3.61. The highest BCUT2D eigenvalue weighted by Crippen LogP contribution is 2.07. The van der Waals surface area contributed by atoms with Crippen LogP contribution < -0.4 is 5.32 Å². The Bertz CT molecular complexity index is 259. The van der Waals surface area contributed by atoms with E-state index in [1.54, 1.807) is 17.8 Å². The van der Waals surface area contributed by atoms with E-state index in [0.717, 1.165) is 12.3 Å². The quantitative estimate of drug-likeness (QED) is 0.671. The van der Waals surface area contributed by atoms with E-state index in [0.29, 0.717) is 0 Å². The molecule has 0 aromatic carbocycles. The molecule has 1 N–H and O–H groups in total. The summed E-state index contributed by atoms with van der Waals surface area (Å²) in [6.07, 6.45) is 3.75. The second-order valence-electron chi connectivity index (χ2n) is 2.71. The predicted molar refractivity (Wildman–Crippen MR) is 53.1 cm³/mol. The Morgan fingerprint density at radius 1 is 1.67 bits per heavy atom. The maximum Gasteiger partial charge on any atom is 0.173 e. The summed E-state index contributed by atoms with van der Waals surface area (Å²) in [6, 6.07) is 0.0298. The van der Waals surface area contributed by atoms with Crippen LogP contribution in [0.25, 0.3) is 0 Å². The highest BCUT2D eigenvalue weighted by molar-refractivity contribution is 7.98. The fourth-order valence-corrected chi connectivity index (χ4v) is 2.64. The number of hydrogen-bond acceptors (Lipinski definition) is 4. The van der Waals surface area contributed by atoms with Crippen LogP contribution in [-0.4, -0.2) is 38.8 Å². The van der Waals surface area contributed by atoms with Crippen molar-refractivity contribution in [3.8, 4) is 0 Å². The van der Waals surface area contributed by atoms with E-state index in [1.165, 1.54) is 5.41 Å². The maximum atomic E-state index is 10.9. The van der Waals surface area contributed by atoms with E-state index >= 15 is 0 Å². The average Bonchev–Trinajstić information content (AvgIpc) is 2.31. The minimum atomic E-state index is -2.88. The van der Waals surface area contributed by atoms with Crippen LogP contribution in [0, 0.1) is 0 Å². The lowest BCUT2D eigenvalue weighted by Crippen LogP contribution is -2.31. The van der Waals surface area contributed by atoms with Crippen molar-refractivity contribution in [2.45, 2.75) is 6.04 Å². The number of hydrogen-bond donors (Lipinski definition) is 1. The zero-order chi connectivity index (χ0) is 9.03. The van der Waals surface area contributed by atoms with Crippen LogP contribution in [-0.2, 0) is 9.84 Å². The van der Waals surface area contributed by atoms with Gasteiger partial charge in [0.1, 0.15) is 0 Å².